The first-order valence-corrected chi connectivity index (χ1v) is 4.74. The largest absolute Gasteiger partial charge is 0.481 e. The van der Waals surface area contributed by atoms with Crippen LogP contribution >= 0.6 is 0 Å². The van der Waals surface area contributed by atoms with Gasteiger partial charge in [0.15, 0.2) is 0 Å². The second kappa shape index (κ2) is 6.16. The molecule has 0 aromatic heterocycles. The zero-order valence-electron chi connectivity index (χ0n) is 8.30. The molecule has 0 saturated heterocycles. The molecule has 1 aromatic rings. The van der Waals surface area contributed by atoms with Crippen LogP contribution in [-0.2, 0) is 16.1 Å². The quantitative estimate of drug-likeness (QED) is 0.555. The van der Waals surface area contributed by atoms with Crippen LogP contribution < -0.4 is 0 Å². The summed E-state index contributed by atoms with van der Waals surface area (Å²) in [4.78, 5) is 14.6. The molecule has 1 rings (SSSR count). The fourth-order valence-electron chi connectivity index (χ4n) is 1.49. The van der Waals surface area contributed by atoms with Crippen LogP contribution in [0.5, 0.6) is 0 Å². The van der Waals surface area contributed by atoms with Gasteiger partial charge in [0, 0.05) is 0 Å². The lowest BCUT2D eigenvalue weighted by Crippen LogP contribution is -2.16. The molecule has 0 aliphatic rings. The average Bonchev–Trinajstić information content (AvgIpc) is 2.18. The Morgan fingerprint density at radius 2 is 2.00 bits per heavy atom. The van der Waals surface area contributed by atoms with Crippen LogP contribution in [0, 0.1) is 5.92 Å². The minimum Gasteiger partial charge on any atom is -0.481 e. The second-order valence-electron chi connectivity index (χ2n) is 3.45. The van der Waals surface area contributed by atoms with Crippen molar-refractivity contribution in [1.29, 1.82) is 0 Å². The normalized spacial score (nSPS) is 12.3. The van der Waals surface area contributed by atoms with Gasteiger partial charge in [0.1, 0.15) is 0 Å². The minimum absolute atomic E-state index is 0.00451. The van der Waals surface area contributed by atoms with Crippen molar-refractivity contribution in [2.75, 3.05) is 6.61 Å². The zero-order chi connectivity index (χ0) is 11.1. The Morgan fingerprint density at radius 3 is 2.53 bits per heavy atom. The van der Waals surface area contributed by atoms with E-state index in [1.807, 2.05) is 30.3 Å². The Kier molecular flexibility index (Phi) is 4.80. The van der Waals surface area contributed by atoms with E-state index in [2.05, 4.69) is 4.89 Å². The number of hydrogen-bond acceptors (Lipinski definition) is 3. The van der Waals surface area contributed by atoms with Gasteiger partial charge in [-0.3, -0.25) is 10.1 Å². The number of benzene rings is 1. The van der Waals surface area contributed by atoms with Crippen molar-refractivity contribution >= 4 is 5.97 Å². The van der Waals surface area contributed by atoms with E-state index in [0.717, 1.165) is 5.56 Å². The highest BCUT2D eigenvalue weighted by molar-refractivity contribution is 5.67. The van der Waals surface area contributed by atoms with Gasteiger partial charge in [-0.1, -0.05) is 30.3 Å². The topological polar surface area (TPSA) is 66.8 Å². The van der Waals surface area contributed by atoms with Crippen LogP contribution in [0.15, 0.2) is 30.3 Å². The zero-order valence-corrected chi connectivity index (χ0v) is 8.30. The molecule has 0 amide bonds. The summed E-state index contributed by atoms with van der Waals surface area (Å²) >= 11 is 0. The van der Waals surface area contributed by atoms with E-state index in [4.69, 9.17) is 10.4 Å². The Bertz CT molecular complexity index is 297. The first-order chi connectivity index (χ1) is 7.22. The molecule has 2 N–H and O–H groups in total. The van der Waals surface area contributed by atoms with E-state index in [0.29, 0.717) is 6.42 Å². The molecule has 4 nitrogen and oxygen atoms in total. The van der Waals surface area contributed by atoms with E-state index >= 15 is 0 Å². The van der Waals surface area contributed by atoms with E-state index in [1.54, 1.807) is 0 Å². The lowest BCUT2D eigenvalue weighted by molar-refractivity contribution is -0.251. The van der Waals surface area contributed by atoms with Gasteiger partial charge in [0.2, 0.25) is 0 Å². The molecule has 0 aliphatic heterocycles. The standard InChI is InChI=1S/C11H14O4/c12-11(13)7-10(8-15-14)6-9-4-2-1-3-5-9/h1-5,10,14H,6-8H2,(H,12,13). The van der Waals surface area contributed by atoms with Gasteiger partial charge >= 0.3 is 5.97 Å². The maximum Gasteiger partial charge on any atom is 0.303 e. The van der Waals surface area contributed by atoms with Crippen molar-refractivity contribution in [3.05, 3.63) is 35.9 Å². The number of hydrogen-bond donors (Lipinski definition) is 2. The molecule has 0 bridgehead atoms. The molecule has 0 heterocycles. The summed E-state index contributed by atoms with van der Waals surface area (Å²) in [6.45, 7) is 0.0429. The summed E-state index contributed by atoms with van der Waals surface area (Å²) in [6, 6.07) is 9.54. The molecule has 0 saturated carbocycles. The average molecular weight is 210 g/mol. The Morgan fingerprint density at radius 1 is 1.33 bits per heavy atom. The summed E-state index contributed by atoms with van der Waals surface area (Å²) in [6.07, 6.45) is 0.586. The summed E-state index contributed by atoms with van der Waals surface area (Å²) < 4.78 is 0. The molecule has 4 heteroatoms. The van der Waals surface area contributed by atoms with Crippen molar-refractivity contribution in [1.82, 2.24) is 0 Å². The highest BCUT2D eigenvalue weighted by Gasteiger charge is 2.14. The predicted molar refractivity (Wildman–Crippen MR) is 54.5 cm³/mol. The minimum atomic E-state index is -0.881. The van der Waals surface area contributed by atoms with E-state index in [-0.39, 0.29) is 18.9 Å². The summed E-state index contributed by atoms with van der Waals surface area (Å²) in [5.41, 5.74) is 1.04. The van der Waals surface area contributed by atoms with Gasteiger partial charge in [0.25, 0.3) is 0 Å². The van der Waals surface area contributed by atoms with Crippen molar-refractivity contribution in [2.24, 2.45) is 5.92 Å². The van der Waals surface area contributed by atoms with Gasteiger partial charge < -0.3 is 5.11 Å². The first kappa shape index (κ1) is 11.7. The molecule has 0 radical (unpaired) electrons. The summed E-state index contributed by atoms with van der Waals surface area (Å²) in [7, 11) is 0. The maximum atomic E-state index is 10.5. The summed E-state index contributed by atoms with van der Waals surface area (Å²) in [5.74, 6) is -1.08. The Balaban J connectivity index is 2.54. The van der Waals surface area contributed by atoms with Crippen molar-refractivity contribution < 1.29 is 20.0 Å². The molecule has 1 atom stereocenters. The van der Waals surface area contributed by atoms with Crippen molar-refractivity contribution in [3.63, 3.8) is 0 Å². The lowest BCUT2D eigenvalue weighted by atomic mass is 9.97. The summed E-state index contributed by atoms with van der Waals surface area (Å²) in [5, 5.41) is 17.0. The SMILES string of the molecule is O=C(O)CC(COO)Cc1ccccc1. The highest BCUT2D eigenvalue weighted by Crippen LogP contribution is 2.12. The van der Waals surface area contributed by atoms with Crippen molar-refractivity contribution in [2.45, 2.75) is 12.8 Å². The van der Waals surface area contributed by atoms with E-state index < -0.39 is 5.97 Å². The molecule has 0 spiro atoms. The van der Waals surface area contributed by atoms with Crippen molar-refractivity contribution in [3.8, 4) is 0 Å². The maximum absolute atomic E-state index is 10.5. The van der Waals surface area contributed by atoms with Crippen LogP contribution in [0.1, 0.15) is 12.0 Å². The number of rotatable bonds is 6. The number of carboxylic acids is 1. The molecular weight excluding hydrogens is 196 g/mol. The van der Waals surface area contributed by atoms with Gasteiger partial charge in [0.05, 0.1) is 13.0 Å². The van der Waals surface area contributed by atoms with Crippen LogP contribution in [0.2, 0.25) is 0 Å². The fraction of sp³-hybridized carbons (Fsp3) is 0.364. The van der Waals surface area contributed by atoms with Crippen LogP contribution in [0.3, 0.4) is 0 Å². The van der Waals surface area contributed by atoms with E-state index in [1.165, 1.54) is 0 Å². The monoisotopic (exact) mass is 210 g/mol. The molecule has 15 heavy (non-hydrogen) atoms. The third kappa shape index (κ3) is 4.58. The molecule has 1 aromatic carbocycles. The fourth-order valence-corrected chi connectivity index (χ4v) is 1.49. The van der Waals surface area contributed by atoms with Gasteiger partial charge in [-0.05, 0) is 17.9 Å². The first-order valence-electron chi connectivity index (χ1n) is 4.74. The molecule has 1 unspecified atom stereocenters. The number of carbonyl (C=O) groups is 1. The van der Waals surface area contributed by atoms with Crippen LogP contribution in [0.4, 0.5) is 0 Å². The Hall–Kier alpha value is -1.39. The van der Waals surface area contributed by atoms with Gasteiger partial charge in [-0.15, -0.1) is 0 Å². The highest BCUT2D eigenvalue weighted by atomic mass is 17.1. The number of carboxylic acid groups (broad SMARTS) is 1. The third-order valence-electron chi connectivity index (χ3n) is 2.14. The molecular formula is C11H14O4. The second-order valence-corrected chi connectivity index (χ2v) is 3.45. The Labute approximate surface area is 88.0 Å². The van der Waals surface area contributed by atoms with Gasteiger partial charge in [-0.2, -0.15) is 0 Å². The molecule has 0 aliphatic carbocycles. The third-order valence-corrected chi connectivity index (χ3v) is 2.14. The predicted octanol–water partition coefficient (Wildman–Crippen LogP) is 1.81. The lowest BCUT2D eigenvalue weighted by Gasteiger charge is -2.12. The molecule has 0 fully saturated rings. The van der Waals surface area contributed by atoms with E-state index in [9.17, 15) is 4.79 Å². The smallest absolute Gasteiger partial charge is 0.303 e. The van der Waals surface area contributed by atoms with Crippen LogP contribution in [0.25, 0.3) is 0 Å². The van der Waals surface area contributed by atoms with Gasteiger partial charge in [-0.25, -0.2) is 4.89 Å². The van der Waals surface area contributed by atoms with Crippen LogP contribution in [-0.4, -0.2) is 22.9 Å². The molecule has 82 valence electrons. The number of aliphatic carboxylic acids is 1.